The molecule has 7 heteroatoms. The first-order valence-corrected chi connectivity index (χ1v) is 11.5. The molecule has 0 aliphatic heterocycles. The standard InChI is InChI=1S/C24H36F2N2O3/c1-24(2,3)31-23(30)28-21(12-15-10-17(25)13-18(26)11-15)22(29)14-27-20-9-8-16-6-4-5-7-19(16)20/h10-11,13,16,19-22,27,29H,4-9,12,14H2,1-3H3,(H,28,30)/t16?,19-,20+,21+,22-/m1/s1. The van der Waals surface area contributed by atoms with Gasteiger partial charge in [0.25, 0.3) is 0 Å². The summed E-state index contributed by atoms with van der Waals surface area (Å²) in [7, 11) is 0. The number of nitrogens with one attached hydrogen (secondary N) is 2. The van der Waals surface area contributed by atoms with Crippen LogP contribution >= 0.6 is 0 Å². The molecular weight excluding hydrogens is 402 g/mol. The first-order chi connectivity index (χ1) is 14.6. The van der Waals surface area contributed by atoms with E-state index in [1.807, 2.05) is 0 Å². The molecule has 1 unspecified atom stereocenters. The third-order valence-electron chi connectivity index (χ3n) is 6.47. The molecule has 0 saturated heterocycles. The number of amides is 1. The Labute approximate surface area is 183 Å². The maximum absolute atomic E-state index is 13.6. The summed E-state index contributed by atoms with van der Waals surface area (Å²) >= 11 is 0. The molecule has 1 aromatic rings. The van der Waals surface area contributed by atoms with Crippen molar-refractivity contribution in [2.24, 2.45) is 11.8 Å². The predicted octanol–water partition coefficient (Wildman–Crippen LogP) is 4.32. The van der Waals surface area contributed by atoms with Gasteiger partial charge in [-0.15, -0.1) is 0 Å². The van der Waals surface area contributed by atoms with E-state index in [9.17, 15) is 18.7 Å². The number of rotatable bonds is 7. The Hall–Kier alpha value is -1.73. The van der Waals surface area contributed by atoms with Gasteiger partial charge in [0.15, 0.2) is 0 Å². The van der Waals surface area contributed by atoms with Gasteiger partial charge in [-0.2, -0.15) is 0 Å². The van der Waals surface area contributed by atoms with Gasteiger partial charge in [0.1, 0.15) is 17.2 Å². The number of fused-ring (bicyclic) bond motifs is 1. The van der Waals surface area contributed by atoms with Crippen molar-refractivity contribution < 1.29 is 23.4 Å². The Morgan fingerprint density at radius 1 is 1.13 bits per heavy atom. The second-order valence-corrected chi connectivity index (χ2v) is 10.1. The first-order valence-electron chi connectivity index (χ1n) is 11.5. The number of alkyl carbamates (subject to hydrolysis) is 1. The van der Waals surface area contributed by atoms with Crippen LogP contribution in [0, 0.1) is 23.5 Å². The van der Waals surface area contributed by atoms with E-state index in [1.165, 1.54) is 44.2 Å². The van der Waals surface area contributed by atoms with Crippen LogP contribution in [-0.2, 0) is 11.2 Å². The highest BCUT2D eigenvalue weighted by Crippen LogP contribution is 2.42. The van der Waals surface area contributed by atoms with Crippen LogP contribution in [-0.4, -0.2) is 41.5 Å². The predicted molar refractivity (Wildman–Crippen MR) is 116 cm³/mol. The number of hydrogen-bond donors (Lipinski definition) is 3. The molecule has 2 aliphatic carbocycles. The highest BCUT2D eigenvalue weighted by atomic mass is 19.1. The molecule has 3 rings (SSSR count). The molecule has 0 aromatic heterocycles. The summed E-state index contributed by atoms with van der Waals surface area (Å²) in [5.41, 5.74) is -0.325. The largest absolute Gasteiger partial charge is 0.444 e. The molecule has 2 aliphatic rings. The number of carbonyl (C=O) groups excluding carboxylic acids is 1. The zero-order chi connectivity index (χ0) is 22.6. The normalized spacial score (nSPS) is 25.5. The Kier molecular flexibility index (Phi) is 7.92. The van der Waals surface area contributed by atoms with E-state index in [0.29, 0.717) is 24.1 Å². The number of halogens is 2. The lowest BCUT2D eigenvalue weighted by Gasteiger charge is -2.31. The summed E-state index contributed by atoms with van der Waals surface area (Å²) in [6, 6.07) is 2.87. The van der Waals surface area contributed by atoms with Crippen LogP contribution in [0.25, 0.3) is 0 Å². The van der Waals surface area contributed by atoms with Crippen molar-refractivity contribution in [2.45, 2.75) is 89.5 Å². The number of benzene rings is 1. The molecule has 5 atom stereocenters. The van der Waals surface area contributed by atoms with E-state index in [1.54, 1.807) is 20.8 Å². The van der Waals surface area contributed by atoms with Crippen LogP contribution < -0.4 is 10.6 Å². The summed E-state index contributed by atoms with van der Waals surface area (Å²) in [6.45, 7) is 5.55. The third-order valence-corrected chi connectivity index (χ3v) is 6.47. The van der Waals surface area contributed by atoms with Crippen LogP contribution in [0.5, 0.6) is 0 Å². The summed E-state index contributed by atoms with van der Waals surface area (Å²) in [5.74, 6) is 0.0470. The van der Waals surface area contributed by atoms with Crippen molar-refractivity contribution in [3.63, 3.8) is 0 Å². The van der Waals surface area contributed by atoms with Crippen molar-refractivity contribution in [2.75, 3.05) is 6.54 Å². The highest BCUT2D eigenvalue weighted by molar-refractivity contribution is 5.68. The van der Waals surface area contributed by atoms with Gasteiger partial charge >= 0.3 is 6.09 Å². The fraction of sp³-hybridized carbons (Fsp3) is 0.708. The molecule has 31 heavy (non-hydrogen) atoms. The molecule has 2 saturated carbocycles. The molecule has 5 nitrogen and oxygen atoms in total. The monoisotopic (exact) mass is 438 g/mol. The van der Waals surface area contributed by atoms with Gasteiger partial charge in [0, 0.05) is 18.7 Å². The number of aliphatic hydroxyl groups is 1. The smallest absolute Gasteiger partial charge is 0.407 e. The van der Waals surface area contributed by atoms with Crippen LogP contribution in [0.2, 0.25) is 0 Å². The van der Waals surface area contributed by atoms with Gasteiger partial charge in [0.2, 0.25) is 0 Å². The number of carbonyl (C=O) groups is 1. The highest BCUT2D eigenvalue weighted by Gasteiger charge is 2.37. The lowest BCUT2D eigenvalue weighted by Crippen LogP contribution is -2.51. The van der Waals surface area contributed by atoms with Gasteiger partial charge in [-0.3, -0.25) is 0 Å². The quantitative estimate of drug-likeness (QED) is 0.593. The molecule has 3 N–H and O–H groups in total. The molecule has 1 aromatic carbocycles. The van der Waals surface area contributed by atoms with Crippen LogP contribution in [0.15, 0.2) is 18.2 Å². The lowest BCUT2D eigenvalue weighted by molar-refractivity contribution is 0.0417. The van der Waals surface area contributed by atoms with Crippen molar-refractivity contribution >= 4 is 6.09 Å². The van der Waals surface area contributed by atoms with E-state index in [-0.39, 0.29) is 6.42 Å². The summed E-state index contributed by atoms with van der Waals surface area (Å²) in [6.07, 6.45) is 5.90. The minimum Gasteiger partial charge on any atom is -0.444 e. The van der Waals surface area contributed by atoms with Gasteiger partial charge in [0.05, 0.1) is 12.1 Å². The molecule has 174 valence electrons. The molecule has 0 radical (unpaired) electrons. The van der Waals surface area contributed by atoms with E-state index in [0.717, 1.165) is 18.4 Å². The van der Waals surface area contributed by atoms with E-state index in [2.05, 4.69) is 10.6 Å². The maximum Gasteiger partial charge on any atom is 0.407 e. The topological polar surface area (TPSA) is 70.6 Å². The summed E-state index contributed by atoms with van der Waals surface area (Å²) in [4.78, 5) is 12.3. The molecule has 0 heterocycles. The van der Waals surface area contributed by atoms with E-state index >= 15 is 0 Å². The summed E-state index contributed by atoms with van der Waals surface area (Å²) < 4.78 is 32.6. The zero-order valence-corrected chi connectivity index (χ0v) is 18.8. The molecule has 1 amide bonds. The number of ether oxygens (including phenoxy) is 1. The average Bonchev–Trinajstić information content (AvgIpc) is 3.06. The van der Waals surface area contributed by atoms with Gasteiger partial charge in [-0.1, -0.05) is 19.3 Å². The molecule has 0 spiro atoms. The van der Waals surface area contributed by atoms with Crippen LogP contribution in [0.1, 0.15) is 64.9 Å². The average molecular weight is 439 g/mol. The van der Waals surface area contributed by atoms with Crippen molar-refractivity contribution in [1.29, 1.82) is 0 Å². The second-order valence-electron chi connectivity index (χ2n) is 10.1. The zero-order valence-electron chi connectivity index (χ0n) is 18.8. The molecule has 2 fully saturated rings. The van der Waals surface area contributed by atoms with E-state index < -0.39 is 35.5 Å². The number of hydrogen-bond acceptors (Lipinski definition) is 4. The second kappa shape index (κ2) is 10.3. The van der Waals surface area contributed by atoms with Crippen LogP contribution in [0.3, 0.4) is 0 Å². The Morgan fingerprint density at radius 3 is 2.48 bits per heavy atom. The Morgan fingerprint density at radius 2 is 1.81 bits per heavy atom. The van der Waals surface area contributed by atoms with Crippen molar-refractivity contribution in [1.82, 2.24) is 10.6 Å². The van der Waals surface area contributed by atoms with Gasteiger partial charge in [-0.25, -0.2) is 13.6 Å². The van der Waals surface area contributed by atoms with Gasteiger partial charge < -0.3 is 20.5 Å². The third kappa shape index (κ3) is 7.14. The SMILES string of the molecule is CC(C)(C)OC(=O)N[C@@H](Cc1cc(F)cc(F)c1)[C@H](O)CN[C@H]1CCC2CCCC[C@H]21. The molecule has 0 bridgehead atoms. The van der Waals surface area contributed by atoms with Crippen molar-refractivity contribution in [3.8, 4) is 0 Å². The minimum atomic E-state index is -0.929. The molecular formula is C24H36F2N2O3. The lowest BCUT2D eigenvalue weighted by atomic mass is 9.80. The van der Waals surface area contributed by atoms with Gasteiger partial charge in [-0.05, 0) is 76.0 Å². The minimum absolute atomic E-state index is 0.0908. The van der Waals surface area contributed by atoms with Crippen molar-refractivity contribution in [3.05, 3.63) is 35.4 Å². The van der Waals surface area contributed by atoms with Crippen LogP contribution in [0.4, 0.5) is 13.6 Å². The fourth-order valence-electron chi connectivity index (χ4n) is 5.12. The summed E-state index contributed by atoms with van der Waals surface area (Å²) in [5, 5.41) is 17.1. The maximum atomic E-state index is 13.6. The Bertz CT molecular complexity index is 733. The first kappa shape index (κ1) is 23.9. The van der Waals surface area contributed by atoms with E-state index in [4.69, 9.17) is 4.74 Å². The fourth-order valence-corrected chi connectivity index (χ4v) is 5.12. The number of aliphatic hydroxyl groups excluding tert-OH is 1. The Balaban J connectivity index is 1.64.